The number of ether oxygens (including phenoxy) is 1. The van der Waals surface area contributed by atoms with Crippen LogP contribution in [-0.2, 0) is 9.53 Å². The number of nitrogens with zero attached hydrogens (tertiary/aromatic N) is 2. The van der Waals surface area contributed by atoms with Crippen LogP contribution in [0.1, 0.15) is 32.1 Å². The molecule has 1 amide bonds. The Morgan fingerprint density at radius 1 is 1.65 bits per heavy atom. The van der Waals surface area contributed by atoms with Crippen LogP contribution in [0.2, 0.25) is 0 Å². The van der Waals surface area contributed by atoms with Crippen molar-refractivity contribution in [3.63, 3.8) is 0 Å². The standard InChI is InChI=1S/C11H22N4O2/c1-17-9(5-2-3-7-12)11(16)15-8-4-6-10(15)14-13/h9-10,14H,2-8,12H2,1H3. The summed E-state index contributed by atoms with van der Waals surface area (Å²) in [5.74, 6) is -0.0476. The van der Waals surface area contributed by atoms with E-state index in [1.54, 1.807) is 12.0 Å². The highest BCUT2D eigenvalue weighted by molar-refractivity contribution is 5.81. The van der Waals surface area contributed by atoms with Crippen molar-refractivity contribution >= 4 is 5.91 Å². The maximum absolute atomic E-state index is 12.2. The van der Waals surface area contributed by atoms with Crippen LogP contribution in [0.15, 0.2) is 0 Å². The Labute approximate surface area is 102 Å². The van der Waals surface area contributed by atoms with Gasteiger partial charge in [-0.15, -0.1) is 0 Å². The van der Waals surface area contributed by atoms with Gasteiger partial charge in [0.15, 0.2) is 0 Å². The third-order valence-electron chi connectivity index (χ3n) is 3.17. The summed E-state index contributed by atoms with van der Waals surface area (Å²) in [6.45, 7) is 1.31. The minimum Gasteiger partial charge on any atom is -0.507 e. The van der Waals surface area contributed by atoms with Crippen molar-refractivity contribution in [2.75, 3.05) is 20.2 Å². The largest absolute Gasteiger partial charge is 0.507 e. The molecule has 0 radical (unpaired) electrons. The number of methoxy groups -OCH3 is 1. The summed E-state index contributed by atoms with van der Waals surface area (Å²) in [5.41, 5.74) is 14.4. The molecule has 1 aliphatic heterocycles. The van der Waals surface area contributed by atoms with Crippen LogP contribution in [0, 0.1) is 0 Å². The highest BCUT2D eigenvalue weighted by Gasteiger charge is 2.34. The van der Waals surface area contributed by atoms with E-state index in [1.165, 1.54) is 0 Å². The molecule has 0 aromatic carbocycles. The van der Waals surface area contributed by atoms with Gasteiger partial charge in [-0.05, 0) is 32.2 Å². The third kappa shape index (κ3) is 3.74. The van der Waals surface area contributed by atoms with Gasteiger partial charge in [0.05, 0.1) is 0 Å². The SMILES string of the molecule is COC(CCCCN)C(=O)N1CCCC1[NH+]=[N-]. The minimum absolute atomic E-state index is 0.0476. The Balaban J connectivity index is 2.49. The molecule has 0 aromatic rings. The van der Waals surface area contributed by atoms with Crippen LogP contribution >= 0.6 is 0 Å². The molecule has 0 aromatic heterocycles. The molecule has 2 unspecified atom stereocenters. The lowest BCUT2D eigenvalue weighted by molar-refractivity contribution is -0.545. The van der Waals surface area contributed by atoms with Gasteiger partial charge in [0.1, 0.15) is 6.10 Å². The summed E-state index contributed by atoms with van der Waals surface area (Å²) < 4.78 is 5.22. The smallest absolute Gasteiger partial charge is 0.256 e. The molecular weight excluding hydrogens is 220 g/mol. The maximum atomic E-state index is 12.2. The number of likely N-dealkylation sites (tertiary alicyclic amines) is 1. The average Bonchev–Trinajstić information content (AvgIpc) is 2.82. The van der Waals surface area contributed by atoms with Gasteiger partial charge in [-0.25, -0.2) is 0 Å². The fourth-order valence-corrected chi connectivity index (χ4v) is 2.17. The second-order valence-electron chi connectivity index (χ2n) is 4.33. The number of amides is 1. The summed E-state index contributed by atoms with van der Waals surface area (Å²) in [5, 5.41) is 2.17. The molecule has 1 rings (SSSR count). The summed E-state index contributed by atoms with van der Waals surface area (Å²) >= 11 is 0. The molecule has 1 fully saturated rings. The Hall–Kier alpha value is -1.01. The van der Waals surface area contributed by atoms with E-state index in [0.29, 0.717) is 19.5 Å². The predicted octanol–water partition coefficient (Wildman–Crippen LogP) is -0.819. The van der Waals surface area contributed by atoms with Crippen molar-refractivity contribution in [2.45, 2.75) is 44.4 Å². The van der Waals surface area contributed by atoms with Crippen LogP contribution in [0.25, 0.3) is 5.53 Å². The molecule has 1 heterocycles. The summed E-state index contributed by atoms with van der Waals surface area (Å²) in [6, 6.07) is 0. The number of carbonyl (C=O) groups excluding carboxylic acids is 1. The number of rotatable bonds is 7. The predicted molar refractivity (Wildman–Crippen MR) is 62.8 cm³/mol. The van der Waals surface area contributed by atoms with Crippen LogP contribution in [-0.4, -0.2) is 43.3 Å². The molecule has 17 heavy (non-hydrogen) atoms. The van der Waals surface area contributed by atoms with Crippen molar-refractivity contribution in [3.8, 4) is 0 Å². The Morgan fingerprint density at radius 2 is 2.41 bits per heavy atom. The third-order valence-corrected chi connectivity index (χ3v) is 3.17. The number of hydrogen-bond acceptors (Lipinski definition) is 3. The zero-order chi connectivity index (χ0) is 12.7. The second kappa shape index (κ2) is 7.34. The van der Waals surface area contributed by atoms with Gasteiger partial charge < -0.3 is 21.1 Å². The van der Waals surface area contributed by atoms with Crippen LogP contribution in [0.4, 0.5) is 0 Å². The fraction of sp³-hybridized carbons (Fsp3) is 0.909. The lowest BCUT2D eigenvalue weighted by atomic mass is 10.1. The van der Waals surface area contributed by atoms with E-state index in [4.69, 9.17) is 16.0 Å². The molecule has 0 bridgehead atoms. The zero-order valence-corrected chi connectivity index (χ0v) is 10.4. The molecule has 0 aliphatic carbocycles. The molecule has 0 saturated carbocycles. The van der Waals surface area contributed by atoms with E-state index in [2.05, 4.69) is 5.11 Å². The Kier molecular flexibility index (Phi) is 6.07. The first-order valence-electron chi connectivity index (χ1n) is 6.17. The number of unbranched alkanes of at least 4 members (excludes halogenated alkanes) is 1. The molecule has 6 nitrogen and oxygen atoms in total. The van der Waals surface area contributed by atoms with Gasteiger partial charge in [-0.1, -0.05) is 0 Å². The summed E-state index contributed by atoms with van der Waals surface area (Å²) in [4.78, 5) is 13.8. The van der Waals surface area contributed by atoms with Crippen molar-refractivity contribution in [1.82, 2.24) is 4.90 Å². The van der Waals surface area contributed by atoms with E-state index in [1.807, 2.05) is 0 Å². The Bertz CT molecular complexity index is 260. The molecule has 1 saturated heterocycles. The molecule has 6 heteroatoms. The monoisotopic (exact) mass is 242 g/mol. The minimum atomic E-state index is -0.421. The molecule has 0 spiro atoms. The fourth-order valence-electron chi connectivity index (χ4n) is 2.17. The van der Waals surface area contributed by atoms with Crippen molar-refractivity contribution in [3.05, 3.63) is 5.53 Å². The van der Waals surface area contributed by atoms with Gasteiger partial charge in [-0.3, -0.25) is 9.69 Å². The summed E-state index contributed by atoms with van der Waals surface area (Å²) in [6.07, 6.45) is 3.46. The topological polar surface area (TPSA) is 91.8 Å². The highest BCUT2D eigenvalue weighted by atomic mass is 16.5. The molecule has 98 valence electrons. The van der Waals surface area contributed by atoms with E-state index in [-0.39, 0.29) is 12.1 Å². The molecule has 1 aliphatic rings. The van der Waals surface area contributed by atoms with E-state index >= 15 is 0 Å². The lowest BCUT2D eigenvalue weighted by Gasteiger charge is -2.24. The number of carbonyl (C=O) groups is 1. The first kappa shape index (κ1) is 14.1. The van der Waals surface area contributed by atoms with Crippen LogP contribution < -0.4 is 10.8 Å². The first-order chi connectivity index (χ1) is 8.24. The van der Waals surface area contributed by atoms with E-state index in [9.17, 15) is 4.79 Å². The van der Waals surface area contributed by atoms with Gasteiger partial charge in [-0.2, -0.15) is 0 Å². The Morgan fingerprint density at radius 3 is 3.00 bits per heavy atom. The van der Waals surface area contributed by atoms with Crippen molar-refractivity contribution in [2.24, 2.45) is 5.73 Å². The number of hydrogen-bond donors (Lipinski definition) is 2. The van der Waals surface area contributed by atoms with Crippen molar-refractivity contribution < 1.29 is 14.6 Å². The second-order valence-corrected chi connectivity index (χ2v) is 4.33. The van der Waals surface area contributed by atoms with E-state index in [0.717, 1.165) is 25.7 Å². The van der Waals surface area contributed by atoms with Gasteiger partial charge in [0.2, 0.25) is 6.17 Å². The number of nitrogens with two attached hydrogens (primary N) is 1. The lowest BCUT2D eigenvalue weighted by Crippen LogP contribution is -2.76. The van der Waals surface area contributed by atoms with Gasteiger partial charge >= 0.3 is 0 Å². The normalized spacial score (nSPS) is 21.5. The highest BCUT2D eigenvalue weighted by Crippen LogP contribution is 2.16. The quantitative estimate of drug-likeness (QED) is 0.451. The van der Waals surface area contributed by atoms with Crippen LogP contribution in [0.3, 0.4) is 0 Å². The first-order valence-corrected chi connectivity index (χ1v) is 6.17. The average molecular weight is 242 g/mol. The van der Waals surface area contributed by atoms with E-state index < -0.39 is 6.10 Å². The summed E-state index contributed by atoms with van der Waals surface area (Å²) in [7, 11) is 1.54. The van der Waals surface area contributed by atoms with Crippen molar-refractivity contribution in [1.29, 1.82) is 0 Å². The molecule has 3 N–H and O–H groups in total. The van der Waals surface area contributed by atoms with Gasteiger partial charge in [0, 0.05) is 20.1 Å². The zero-order valence-electron chi connectivity index (χ0n) is 10.4. The number of nitrogens with one attached hydrogen (secondary N) is 1. The maximum Gasteiger partial charge on any atom is 0.256 e. The molecular formula is C11H22N4O2. The molecule has 2 atom stereocenters. The van der Waals surface area contributed by atoms with Crippen LogP contribution in [0.5, 0.6) is 0 Å². The van der Waals surface area contributed by atoms with Gasteiger partial charge in [0.25, 0.3) is 5.91 Å².